The predicted octanol–water partition coefficient (Wildman–Crippen LogP) is 2.68. The van der Waals surface area contributed by atoms with E-state index in [1.54, 1.807) is 6.20 Å². The molecule has 0 radical (unpaired) electrons. The van der Waals surface area contributed by atoms with Gasteiger partial charge in [0.15, 0.2) is 0 Å². The maximum Gasteiger partial charge on any atom is 0.249 e. The van der Waals surface area contributed by atoms with Gasteiger partial charge in [-0.25, -0.2) is 0 Å². The van der Waals surface area contributed by atoms with Gasteiger partial charge in [0.25, 0.3) is 0 Å². The number of carbonyl (C=O) groups is 1. The maximum absolute atomic E-state index is 11.9. The van der Waals surface area contributed by atoms with Gasteiger partial charge in [-0.05, 0) is 20.8 Å². The van der Waals surface area contributed by atoms with Gasteiger partial charge < -0.3 is 5.32 Å². The molecular weight excluding hydrogens is 200 g/mol. The quantitative estimate of drug-likeness (QED) is 0.728. The first-order valence-electron chi connectivity index (χ1n) is 5.68. The predicted molar refractivity (Wildman–Crippen MR) is 67.5 cm³/mol. The molecule has 0 atom stereocenters. The first kappa shape index (κ1) is 12.9. The van der Waals surface area contributed by atoms with Crippen LogP contribution in [0.15, 0.2) is 16.8 Å². The fraction of sp³-hybridized carbons (Fsp3) is 0.692. The van der Waals surface area contributed by atoms with Crippen LogP contribution in [0.1, 0.15) is 48.0 Å². The second-order valence-corrected chi connectivity index (χ2v) is 6.36. The fourth-order valence-electron chi connectivity index (χ4n) is 1.45. The highest BCUT2D eigenvalue weighted by atomic mass is 16.1. The van der Waals surface area contributed by atoms with E-state index in [0.717, 1.165) is 11.3 Å². The SMILES string of the molecule is CC(C)(C)NC(=O)C1=CN=C(C(C)(C)C)C1. The minimum Gasteiger partial charge on any atom is -0.348 e. The molecule has 1 heterocycles. The molecule has 0 unspecified atom stereocenters. The summed E-state index contributed by atoms with van der Waals surface area (Å²) < 4.78 is 0. The van der Waals surface area contributed by atoms with Gasteiger partial charge in [-0.15, -0.1) is 0 Å². The lowest BCUT2D eigenvalue weighted by molar-refractivity contribution is -0.118. The van der Waals surface area contributed by atoms with Gasteiger partial charge in [-0.1, -0.05) is 20.8 Å². The number of aliphatic imine (C=N–C) groups is 1. The number of hydrogen-bond donors (Lipinski definition) is 1. The third kappa shape index (κ3) is 3.47. The molecular formula is C13H22N2O. The van der Waals surface area contributed by atoms with Crippen LogP contribution < -0.4 is 5.32 Å². The van der Waals surface area contributed by atoms with Gasteiger partial charge in [0.1, 0.15) is 0 Å². The average molecular weight is 222 g/mol. The molecule has 1 N–H and O–H groups in total. The van der Waals surface area contributed by atoms with E-state index in [0.29, 0.717) is 6.42 Å². The van der Waals surface area contributed by atoms with Gasteiger partial charge in [-0.3, -0.25) is 9.79 Å². The Morgan fingerprint density at radius 3 is 2.19 bits per heavy atom. The van der Waals surface area contributed by atoms with Crippen molar-refractivity contribution in [2.24, 2.45) is 10.4 Å². The molecule has 1 aliphatic rings. The summed E-state index contributed by atoms with van der Waals surface area (Å²) in [6.45, 7) is 12.3. The normalized spacial score (nSPS) is 16.9. The Kier molecular flexibility index (Phi) is 3.27. The summed E-state index contributed by atoms with van der Waals surface area (Å²) in [5.41, 5.74) is 1.69. The van der Waals surface area contributed by atoms with Crippen LogP contribution >= 0.6 is 0 Å². The van der Waals surface area contributed by atoms with Crippen LogP contribution in [-0.2, 0) is 4.79 Å². The zero-order valence-electron chi connectivity index (χ0n) is 11.1. The summed E-state index contributed by atoms with van der Waals surface area (Å²) in [6, 6.07) is 0. The van der Waals surface area contributed by atoms with Crippen molar-refractivity contribution in [3.8, 4) is 0 Å². The average Bonchev–Trinajstić information content (AvgIpc) is 2.46. The van der Waals surface area contributed by atoms with Crippen molar-refractivity contribution in [3.63, 3.8) is 0 Å². The largest absolute Gasteiger partial charge is 0.348 e. The molecule has 0 saturated heterocycles. The van der Waals surface area contributed by atoms with Gasteiger partial charge in [0.2, 0.25) is 5.91 Å². The Morgan fingerprint density at radius 1 is 1.25 bits per heavy atom. The van der Waals surface area contributed by atoms with E-state index in [1.165, 1.54) is 0 Å². The second-order valence-electron chi connectivity index (χ2n) is 6.36. The summed E-state index contributed by atoms with van der Waals surface area (Å²) in [5.74, 6) is -0.00417. The van der Waals surface area contributed by atoms with Gasteiger partial charge in [-0.2, -0.15) is 0 Å². The van der Waals surface area contributed by atoms with E-state index in [-0.39, 0.29) is 16.9 Å². The molecule has 0 aromatic rings. The van der Waals surface area contributed by atoms with Crippen molar-refractivity contribution >= 4 is 11.6 Å². The van der Waals surface area contributed by atoms with Crippen molar-refractivity contribution < 1.29 is 4.79 Å². The molecule has 0 saturated carbocycles. The van der Waals surface area contributed by atoms with E-state index in [9.17, 15) is 4.79 Å². The number of nitrogens with one attached hydrogen (secondary N) is 1. The molecule has 3 heteroatoms. The number of nitrogens with zero attached hydrogens (tertiary/aromatic N) is 1. The molecule has 0 aromatic carbocycles. The summed E-state index contributed by atoms with van der Waals surface area (Å²) in [5, 5.41) is 2.95. The lowest BCUT2D eigenvalue weighted by Crippen LogP contribution is -2.41. The molecule has 0 bridgehead atoms. The summed E-state index contributed by atoms with van der Waals surface area (Å²) in [4.78, 5) is 16.2. The van der Waals surface area contributed by atoms with E-state index < -0.39 is 0 Å². The van der Waals surface area contributed by atoms with Crippen LogP contribution in [0.5, 0.6) is 0 Å². The van der Waals surface area contributed by atoms with E-state index in [4.69, 9.17) is 0 Å². The van der Waals surface area contributed by atoms with Crippen molar-refractivity contribution in [2.75, 3.05) is 0 Å². The molecule has 0 aliphatic carbocycles. The van der Waals surface area contributed by atoms with Crippen LogP contribution in [0.2, 0.25) is 0 Å². The Bertz CT molecular complexity index is 351. The topological polar surface area (TPSA) is 41.5 Å². The highest BCUT2D eigenvalue weighted by molar-refractivity contribution is 6.05. The third-order valence-corrected chi connectivity index (χ3v) is 2.38. The van der Waals surface area contributed by atoms with E-state index in [1.807, 2.05) is 20.8 Å². The van der Waals surface area contributed by atoms with Crippen LogP contribution in [0.4, 0.5) is 0 Å². The minimum atomic E-state index is -0.192. The third-order valence-electron chi connectivity index (χ3n) is 2.38. The zero-order valence-corrected chi connectivity index (χ0v) is 11.1. The highest BCUT2D eigenvalue weighted by Gasteiger charge is 2.27. The summed E-state index contributed by atoms with van der Waals surface area (Å²) in [7, 11) is 0. The minimum absolute atomic E-state index is 0.00417. The van der Waals surface area contributed by atoms with Crippen LogP contribution in [0.3, 0.4) is 0 Å². The van der Waals surface area contributed by atoms with Crippen molar-refractivity contribution in [2.45, 2.75) is 53.5 Å². The molecule has 0 spiro atoms. The van der Waals surface area contributed by atoms with Crippen molar-refractivity contribution in [3.05, 3.63) is 11.8 Å². The Morgan fingerprint density at radius 2 is 1.81 bits per heavy atom. The molecule has 16 heavy (non-hydrogen) atoms. The molecule has 0 aromatic heterocycles. The molecule has 1 rings (SSSR count). The molecule has 90 valence electrons. The smallest absolute Gasteiger partial charge is 0.249 e. The fourth-order valence-corrected chi connectivity index (χ4v) is 1.45. The number of carbonyl (C=O) groups excluding carboxylic acids is 1. The van der Waals surface area contributed by atoms with Gasteiger partial charge >= 0.3 is 0 Å². The number of amides is 1. The zero-order chi connectivity index (χ0) is 12.6. The Labute approximate surface area is 98.0 Å². The van der Waals surface area contributed by atoms with Crippen molar-refractivity contribution in [1.82, 2.24) is 5.32 Å². The highest BCUT2D eigenvalue weighted by Crippen LogP contribution is 2.26. The first-order chi connectivity index (χ1) is 7.09. The van der Waals surface area contributed by atoms with E-state index in [2.05, 4.69) is 31.1 Å². The molecule has 0 fully saturated rings. The van der Waals surface area contributed by atoms with Crippen LogP contribution in [-0.4, -0.2) is 17.2 Å². The summed E-state index contributed by atoms with van der Waals surface area (Å²) in [6.07, 6.45) is 2.37. The molecule has 1 amide bonds. The lowest BCUT2D eigenvalue weighted by atomic mass is 9.87. The summed E-state index contributed by atoms with van der Waals surface area (Å²) >= 11 is 0. The monoisotopic (exact) mass is 222 g/mol. The maximum atomic E-state index is 11.9. The lowest BCUT2D eigenvalue weighted by Gasteiger charge is -2.22. The van der Waals surface area contributed by atoms with Crippen LogP contribution in [0, 0.1) is 5.41 Å². The van der Waals surface area contributed by atoms with E-state index >= 15 is 0 Å². The first-order valence-corrected chi connectivity index (χ1v) is 5.68. The Balaban J connectivity index is 2.61. The molecule has 1 aliphatic heterocycles. The standard InChI is InChI=1S/C13H22N2O/c1-12(2,3)10-7-9(8-14-10)11(16)15-13(4,5)6/h8H,7H2,1-6H3,(H,15,16). The molecule has 3 nitrogen and oxygen atoms in total. The number of hydrogen-bond acceptors (Lipinski definition) is 2. The van der Waals surface area contributed by atoms with Gasteiger partial charge in [0, 0.05) is 34.9 Å². The van der Waals surface area contributed by atoms with Gasteiger partial charge in [0.05, 0.1) is 0 Å². The van der Waals surface area contributed by atoms with Crippen LogP contribution in [0.25, 0.3) is 0 Å². The second kappa shape index (κ2) is 4.04. The Hall–Kier alpha value is -1.12. The van der Waals surface area contributed by atoms with Crippen molar-refractivity contribution in [1.29, 1.82) is 0 Å². The number of rotatable bonds is 1.